The average molecular weight is 358 g/mol. The first-order chi connectivity index (χ1) is 12.0. The molecule has 0 saturated heterocycles. The Labute approximate surface area is 149 Å². The normalized spacial score (nSPS) is 12.1. The summed E-state index contributed by atoms with van der Waals surface area (Å²) in [5.74, 6) is -0.326. The van der Waals surface area contributed by atoms with Crippen LogP contribution in [0.25, 0.3) is 11.9 Å². The molecule has 7 heteroatoms. The molecule has 0 bridgehead atoms. The van der Waals surface area contributed by atoms with E-state index in [1.54, 1.807) is 13.1 Å². The molecular weight excluding hydrogens is 342 g/mol. The molecule has 2 rings (SSSR count). The number of nitrogens with two attached hydrogens (primary N) is 1. The van der Waals surface area contributed by atoms with Gasteiger partial charge in [-0.2, -0.15) is 5.26 Å². The van der Waals surface area contributed by atoms with Crippen LogP contribution in [0, 0.1) is 17.1 Å². The third kappa shape index (κ3) is 5.40. The lowest BCUT2D eigenvalue weighted by Gasteiger charge is -2.05. The van der Waals surface area contributed by atoms with Gasteiger partial charge in [-0.15, -0.1) is 0 Å². The largest absolute Gasteiger partial charge is 0.379 e. The lowest BCUT2D eigenvalue weighted by molar-refractivity contribution is 0.612. The van der Waals surface area contributed by atoms with Gasteiger partial charge in [0.25, 0.3) is 0 Å². The van der Waals surface area contributed by atoms with Gasteiger partial charge in [-0.3, -0.25) is 9.98 Å². The third-order valence-electron chi connectivity index (χ3n) is 3.34. The molecule has 0 aliphatic rings. The fourth-order valence-corrected chi connectivity index (χ4v) is 2.69. The van der Waals surface area contributed by atoms with Crippen LogP contribution in [-0.4, -0.2) is 23.0 Å². The molecule has 0 fully saturated rings. The van der Waals surface area contributed by atoms with Crippen LogP contribution in [0.4, 0.5) is 8.78 Å². The Bertz CT molecular complexity index is 839. The quantitative estimate of drug-likeness (QED) is 0.652. The van der Waals surface area contributed by atoms with Crippen molar-refractivity contribution in [1.82, 2.24) is 4.98 Å². The van der Waals surface area contributed by atoms with Gasteiger partial charge in [-0.1, -0.05) is 17.8 Å². The number of rotatable bonds is 5. The fourth-order valence-electron chi connectivity index (χ4n) is 2.03. The summed E-state index contributed by atoms with van der Waals surface area (Å²) in [6, 6.07) is 9.24. The van der Waals surface area contributed by atoms with Gasteiger partial charge in [-0.05, 0) is 47.9 Å². The molecule has 0 atom stereocenters. The van der Waals surface area contributed by atoms with E-state index in [-0.39, 0.29) is 11.5 Å². The summed E-state index contributed by atoms with van der Waals surface area (Å²) in [4.78, 5) is 7.72. The average Bonchev–Trinajstić information content (AvgIpc) is 2.64. The van der Waals surface area contributed by atoms with E-state index >= 15 is 0 Å². The highest BCUT2D eigenvalue weighted by Gasteiger charge is 2.07. The van der Waals surface area contributed by atoms with Crippen LogP contribution in [0.5, 0.6) is 0 Å². The highest BCUT2D eigenvalue weighted by molar-refractivity contribution is 8.13. The predicted molar refractivity (Wildman–Crippen MR) is 98.0 cm³/mol. The second-order valence-electron chi connectivity index (χ2n) is 5.05. The van der Waals surface area contributed by atoms with Gasteiger partial charge in [0.15, 0.2) is 5.17 Å². The van der Waals surface area contributed by atoms with Gasteiger partial charge >= 0.3 is 0 Å². The molecule has 1 aromatic heterocycles. The number of pyridine rings is 1. The number of hydrogen-bond donors (Lipinski definition) is 1. The fraction of sp³-hybridized carbons (Fsp3) is 0.167. The molecule has 128 valence electrons. The number of aliphatic imine (C=N–C) groups is 1. The van der Waals surface area contributed by atoms with Crippen molar-refractivity contribution >= 4 is 28.8 Å². The minimum atomic E-state index is -0.557. The Hall–Kier alpha value is -2.72. The molecule has 1 heterocycles. The first-order valence-corrected chi connectivity index (χ1v) is 8.39. The SMILES string of the molecule is CN=C(N)SCCc1cc(/C=C(\F)c2ccc(C#N)cn2)ccc1F. The summed E-state index contributed by atoms with van der Waals surface area (Å²) in [5.41, 5.74) is 7.07. The second-order valence-corrected chi connectivity index (χ2v) is 6.16. The van der Waals surface area contributed by atoms with Crippen LogP contribution in [0.3, 0.4) is 0 Å². The van der Waals surface area contributed by atoms with Gasteiger partial charge in [0.05, 0.1) is 11.3 Å². The van der Waals surface area contributed by atoms with Crippen LogP contribution in [-0.2, 0) is 6.42 Å². The lowest BCUT2D eigenvalue weighted by Crippen LogP contribution is -2.07. The van der Waals surface area contributed by atoms with Crippen LogP contribution in [0.2, 0.25) is 0 Å². The molecule has 0 radical (unpaired) electrons. The molecule has 0 spiro atoms. The van der Waals surface area contributed by atoms with E-state index in [0.29, 0.717) is 34.0 Å². The van der Waals surface area contributed by atoms with E-state index in [9.17, 15) is 8.78 Å². The van der Waals surface area contributed by atoms with Crippen molar-refractivity contribution in [3.8, 4) is 6.07 Å². The summed E-state index contributed by atoms with van der Waals surface area (Å²) >= 11 is 1.34. The minimum absolute atomic E-state index is 0.118. The van der Waals surface area contributed by atoms with Crippen molar-refractivity contribution in [3.05, 3.63) is 64.7 Å². The summed E-state index contributed by atoms with van der Waals surface area (Å²) in [6.07, 6.45) is 3.03. The van der Waals surface area contributed by atoms with Crippen molar-refractivity contribution in [1.29, 1.82) is 5.26 Å². The Balaban J connectivity index is 2.15. The maximum absolute atomic E-state index is 14.3. The number of aromatic nitrogens is 1. The molecule has 2 aromatic rings. The van der Waals surface area contributed by atoms with Gasteiger partial charge in [0, 0.05) is 19.0 Å². The predicted octanol–water partition coefficient (Wildman–Crippen LogP) is 3.78. The zero-order chi connectivity index (χ0) is 18.2. The van der Waals surface area contributed by atoms with Crippen molar-refractivity contribution < 1.29 is 8.78 Å². The molecule has 0 aliphatic carbocycles. The molecule has 0 saturated carbocycles. The van der Waals surface area contributed by atoms with Gasteiger partial charge in [-0.25, -0.2) is 8.78 Å². The number of nitrogens with zero attached hydrogens (tertiary/aromatic N) is 3. The van der Waals surface area contributed by atoms with Gasteiger partial charge in [0.1, 0.15) is 17.7 Å². The highest BCUT2D eigenvalue weighted by Crippen LogP contribution is 2.20. The van der Waals surface area contributed by atoms with E-state index in [1.807, 2.05) is 6.07 Å². The standard InChI is InChI=1S/C18H16F2N4S/c1-23-18(22)25-7-6-14-8-12(2-4-15(14)19)9-16(20)17-5-3-13(10-21)11-24-17/h2-5,8-9,11H,6-7H2,1H3,(H2,22,23)/b16-9-. The van der Waals surface area contributed by atoms with Crippen LogP contribution < -0.4 is 5.73 Å². The van der Waals surface area contributed by atoms with E-state index in [0.717, 1.165) is 0 Å². The summed E-state index contributed by atoms with van der Waals surface area (Å²) in [7, 11) is 1.59. The maximum atomic E-state index is 14.3. The Morgan fingerprint density at radius 3 is 2.84 bits per heavy atom. The molecule has 2 N–H and O–H groups in total. The van der Waals surface area contributed by atoms with Crippen molar-refractivity contribution in [2.75, 3.05) is 12.8 Å². The molecule has 1 aromatic carbocycles. The molecule has 4 nitrogen and oxygen atoms in total. The van der Waals surface area contributed by atoms with E-state index in [2.05, 4.69) is 9.98 Å². The Kier molecular flexibility index (Phi) is 6.66. The zero-order valence-electron chi connectivity index (χ0n) is 13.5. The van der Waals surface area contributed by atoms with Gasteiger partial charge in [0.2, 0.25) is 0 Å². The highest BCUT2D eigenvalue weighted by atomic mass is 32.2. The second kappa shape index (κ2) is 8.94. The monoisotopic (exact) mass is 358 g/mol. The van der Waals surface area contributed by atoms with E-state index in [1.165, 1.54) is 48.3 Å². The number of hydrogen-bond acceptors (Lipinski definition) is 4. The van der Waals surface area contributed by atoms with Gasteiger partial charge < -0.3 is 5.73 Å². The van der Waals surface area contributed by atoms with E-state index in [4.69, 9.17) is 11.0 Å². The number of benzene rings is 1. The topological polar surface area (TPSA) is 75.1 Å². The van der Waals surface area contributed by atoms with E-state index < -0.39 is 5.83 Å². The maximum Gasteiger partial charge on any atom is 0.153 e. The zero-order valence-corrected chi connectivity index (χ0v) is 14.4. The van der Waals surface area contributed by atoms with Crippen molar-refractivity contribution in [2.24, 2.45) is 10.7 Å². The molecule has 0 aliphatic heterocycles. The summed E-state index contributed by atoms with van der Waals surface area (Å²) in [6.45, 7) is 0. The smallest absolute Gasteiger partial charge is 0.153 e. The number of aryl methyl sites for hydroxylation is 1. The molecule has 25 heavy (non-hydrogen) atoms. The minimum Gasteiger partial charge on any atom is -0.379 e. The lowest BCUT2D eigenvalue weighted by atomic mass is 10.1. The summed E-state index contributed by atoms with van der Waals surface area (Å²) in [5, 5.41) is 9.17. The number of thioether (sulfide) groups is 1. The first kappa shape index (κ1) is 18.6. The Morgan fingerprint density at radius 1 is 1.40 bits per heavy atom. The van der Waals surface area contributed by atoms with Crippen LogP contribution in [0.15, 0.2) is 41.5 Å². The molecule has 0 amide bonds. The van der Waals surface area contributed by atoms with Crippen molar-refractivity contribution in [2.45, 2.75) is 6.42 Å². The third-order valence-corrected chi connectivity index (χ3v) is 4.23. The summed E-state index contributed by atoms with van der Waals surface area (Å²) < 4.78 is 28.2. The molecule has 0 unspecified atom stereocenters. The van der Waals surface area contributed by atoms with Crippen LogP contribution >= 0.6 is 11.8 Å². The van der Waals surface area contributed by atoms with Crippen molar-refractivity contribution in [3.63, 3.8) is 0 Å². The number of nitriles is 1. The first-order valence-electron chi connectivity index (χ1n) is 7.40. The molecular formula is C18H16F2N4S. The van der Waals surface area contributed by atoms with Crippen LogP contribution in [0.1, 0.15) is 22.4 Å². The number of halogens is 2. The number of amidine groups is 1. The Morgan fingerprint density at radius 2 is 2.20 bits per heavy atom.